The van der Waals surface area contributed by atoms with E-state index in [-0.39, 0.29) is 12.0 Å². The molecule has 0 aromatic heterocycles. The minimum Gasteiger partial charge on any atom is -0.489 e. The Labute approximate surface area is 127 Å². The van der Waals surface area contributed by atoms with Gasteiger partial charge in [0.2, 0.25) is 0 Å². The Morgan fingerprint density at radius 2 is 1.86 bits per heavy atom. The van der Waals surface area contributed by atoms with E-state index in [2.05, 4.69) is 25.2 Å². The van der Waals surface area contributed by atoms with Crippen LogP contribution in [0.3, 0.4) is 0 Å². The van der Waals surface area contributed by atoms with Crippen LogP contribution in [0.1, 0.15) is 74.2 Å². The summed E-state index contributed by atoms with van der Waals surface area (Å²) in [6.07, 6.45) is 7.40. The monoisotopic (exact) mass is 287 g/mol. The van der Waals surface area contributed by atoms with E-state index in [0.717, 1.165) is 24.2 Å². The SMILES string of the molecule is C[C@@H]1c2cccc(C(=O)NC3CCCCCC3)c2O[C@@H]1C. The van der Waals surface area contributed by atoms with Gasteiger partial charge in [-0.1, -0.05) is 44.7 Å². The van der Waals surface area contributed by atoms with Gasteiger partial charge in [-0.05, 0) is 25.8 Å². The van der Waals surface area contributed by atoms with Crippen LogP contribution in [0.2, 0.25) is 0 Å². The molecule has 2 aliphatic rings. The molecule has 1 amide bonds. The van der Waals surface area contributed by atoms with Crippen molar-refractivity contribution in [3.05, 3.63) is 29.3 Å². The average Bonchev–Trinajstić information content (AvgIpc) is 2.68. The first-order valence-corrected chi connectivity index (χ1v) is 8.27. The van der Waals surface area contributed by atoms with Gasteiger partial charge in [0.1, 0.15) is 11.9 Å². The van der Waals surface area contributed by atoms with Crippen molar-refractivity contribution in [1.82, 2.24) is 5.32 Å². The lowest BCUT2D eigenvalue weighted by Crippen LogP contribution is -2.34. The van der Waals surface area contributed by atoms with E-state index in [4.69, 9.17) is 4.74 Å². The van der Waals surface area contributed by atoms with Gasteiger partial charge in [0.25, 0.3) is 5.91 Å². The smallest absolute Gasteiger partial charge is 0.255 e. The Balaban J connectivity index is 1.76. The van der Waals surface area contributed by atoms with Crippen LogP contribution in [0.25, 0.3) is 0 Å². The van der Waals surface area contributed by atoms with Gasteiger partial charge < -0.3 is 10.1 Å². The Hall–Kier alpha value is -1.51. The normalized spacial score (nSPS) is 25.8. The topological polar surface area (TPSA) is 38.3 Å². The van der Waals surface area contributed by atoms with Crippen molar-refractivity contribution in [2.45, 2.75) is 70.4 Å². The summed E-state index contributed by atoms with van der Waals surface area (Å²) in [5, 5.41) is 3.22. The van der Waals surface area contributed by atoms with Gasteiger partial charge in [-0.25, -0.2) is 0 Å². The van der Waals surface area contributed by atoms with Crippen LogP contribution in [0, 0.1) is 0 Å². The molecule has 0 radical (unpaired) electrons. The summed E-state index contributed by atoms with van der Waals surface area (Å²) in [4.78, 5) is 12.6. The van der Waals surface area contributed by atoms with Gasteiger partial charge in [0.05, 0.1) is 5.56 Å². The number of rotatable bonds is 2. The van der Waals surface area contributed by atoms with Crippen LogP contribution in [0.4, 0.5) is 0 Å². The zero-order valence-electron chi connectivity index (χ0n) is 13.0. The summed E-state index contributed by atoms with van der Waals surface area (Å²) in [5.41, 5.74) is 1.86. The quantitative estimate of drug-likeness (QED) is 0.834. The highest BCUT2D eigenvalue weighted by Gasteiger charge is 2.31. The molecule has 3 rings (SSSR count). The van der Waals surface area contributed by atoms with Crippen LogP contribution < -0.4 is 10.1 Å². The Morgan fingerprint density at radius 3 is 2.57 bits per heavy atom. The molecule has 1 N–H and O–H groups in total. The highest BCUT2D eigenvalue weighted by molar-refractivity contribution is 5.97. The van der Waals surface area contributed by atoms with Gasteiger partial charge in [0.15, 0.2) is 0 Å². The minimum atomic E-state index is 0.0278. The summed E-state index contributed by atoms with van der Waals surface area (Å²) in [6.45, 7) is 4.22. The molecule has 0 spiro atoms. The van der Waals surface area contributed by atoms with Crippen molar-refractivity contribution >= 4 is 5.91 Å². The zero-order valence-corrected chi connectivity index (χ0v) is 13.0. The average molecular weight is 287 g/mol. The minimum absolute atomic E-state index is 0.0278. The molecule has 114 valence electrons. The Bertz CT molecular complexity index is 518. The van der Waals surface area contributed by atoms with Crippen molar-refractivity contribution in [2.24, 2.45) is 0 Å². The van der Waals surface area contributed by atoms with E-state index < -0.39 is 0 Å². The molecular weight excluding hydrogens is 262 g/mol. The molecule has 1 heterocycles. The third-order valence-corrected chi connectivity index (χ3v) is 4.98. The highest BCUT2D eigenvalue weighted by atomic mass is 16.5. The first-order valence-electron chi connectivity index (χ1n) is 8.27. The second-order valence-corrected chi connectivity index (χ2v) is 6.50. The molecule has 1 aliphatic heterocycles. The van der Waals surface area contributed by atoms with E-state index in [1.165, 1.54) is 25.7 Å². The maximum atomic E-state index is 12.6. The zero-order chi connectivity index (χ0) is 14.8. The molecule has 2 atom stereocenters. The molecule has 1 aromatic carbocycles. The van der Waals surface area contributed by atoms with E-state index in [1.54, 1.807) is 0 Å². The lowest BCUT2D eigenvalue weighted by Gasteiger charge is -2.17. The van der Waals surface area contributed by atoms with Crippen LogP contribution >= 0.6 is 0 Å². The van der Waals surface area contributed by atoms with Crippen LogP contribution in [-0.2, 0) is 0 Å². The standard InChI is InChI=1S/C18H25NO2/c1-12-13(2)21-17-15(12)10-7-11-16(17)18(20)19-14-8-5-3-4-6-9-14/h7,10-14H,3-6,8-9H2,1-2H3,(H,19,20)/t12-,13+/m0/s1. The van der Waals surface area contributed by atoms with Crippen molar-refractivity contribution in [3.63, 3.8) is 0 Å². The van der Waals surface area contributed by atoms with E-state index in [0.29, 0.717) is 17.5 Å². The number of amides is 1. The fourth-order valence-electron chi connectivity index (χ4n) is 3.45. The van der Waals surface area contributed by atoms with Gasteiger partial charge in [0, 0.05) is 17.5 Å². The molecule has 1 saturated carbocycles. The molecule has 1 aliphatic carbocycles. The molecule has 3 nitrogen and oxygen atoms in total. The predicted octanol–water partition coefficient (Wildman–Crippen LogP) is 4.02. The third kappa shape index (κ3) is 2.92. The number of fused-ring (bicyclic) bond motifs is 1. The van der Waals surface area contributed by atoms with Crippen LogP contribution in [-0.4, -0.2) is 18.1 Å². The van der Waals surface area contributed by atoms with Gasteiger partial charge in [-0.2, -0.15) is 0 Å². The van der Waals surface area contributed by atoms with Gasteiger partial charge in [-0.15, -0.1) is 0 Å². The summed E-state index contributed by atoms with van der Waals surface area (Å²) in [5.74, 6) is 1.18. The van der Waals surface area contributed by atoms with E-state index >= 15 is 0 Å². The van der Waals surface area contributed by atoms with E-state index in [9.17, 15) is 4.79 Å². The molecule has 0 bridgehead atoms. The first kappa shape index (κ1) is 14.4. The second-order valence-electron chi connectivity index (χ2n) is 6.50. The summed E-state index contributed by atoms with van der Waals surface area (Å²) >= 11 is 0. The third-order valence-electron chi connectivity index (χ3n) is 4.98. The number of ether oxygens (including phenoxy) is 1. The van der Waals surface area contributed by atoms with Gasteiger partial charge >= 0.3 is 0 Å². The number of hydrogen-bond donors (Lipinski definition) is 1. The number of para-hydroxylation sites is 1. The van der Waals surface area contributed by atoms with Crippen LogP contribution in [0.5, 0.6) is 5.75 Å². The molecule has 1 fully saturated rings. The Kier molecular flexibility index (Phi) is 4.18. The predicted molar refractivity (Wildman–Crippen MR) is 83.9 cm³/mol. The molecule has 0 unspecified atom stereocenters. The summed E-state index contributed by atoms with van der Waals surface area (Å²) < 4.78 is 5.92. The fraction of sp³-hybridized carbons (Fsp3) is 0.611. The number of carbonyl (C=O) groups is 1. The summed E-state index contributed by atoms with van der Waals surface area (Å²) in [7, 11) is 0. The van der Waals surface area contributed by atoms with Crippen LogP contribution in [0.15, 0.2) is 18.2 Å². The van der Waals surface area contributed by atoms with Crippen molar-refractivity contribution in [1.29, 1.82) is 0 Å². The maximum Gasteiger partial charge on any atom is 0.255 e. The number of nitrogens with one attached hydrogen (secondary N) is 1. The molecule has 3 heteroatoms. The largest absolute Gasteiger partial charge is 0.489 e. The lowest BCUT2D eigenvalue weighted by molar-refractivity contribution is 0.0928. The summed E-state index contributed by atoms with van der Waals surface area (Å²) in [6, 6.07) is 6.26. The number of carbonyl (C=O) groups excluding carboxylic acids is 1. The number of hydrogen-bond acceptors (Lipinski definition) is 2. The maximum absolute atomic E-state index is 12.6. The van der Waals surface area contributed by atoms with Crippen molar-refractivity contribution in [2.75, 3.05) is 0 Å². The second kappa shape index (κ2) is 6.08. The fourth-order valence-corrected chi connectivity index (χ4v) is 3.45. The van der Waals surface area contributed by atoms with E-state index in [1.807, 2.05) is 12.1 Å². The lowest BCUT2D eigenvalue weighted by atomic mass is 9.96. The van der Waals surface area contributed by atoms with Crippen molar-refractivity contribution in [3.8, 4) is 5.75 Å². The Morgan fingerprint density at radius 1 is 1.14 bits per heavy atom. The molecule has 21 heavy (non-hydrogen) atoms. The molecule has 1 aromatic rings. The molecular formula is C18H25NO2. The highest BCUT2D eigenvalue weighted by Crippen LogP contribution is 2.40. The first-order chi connectivity index (χ1) is 10.2. The van der Waals surface area contributed by atoms with Gasteiger partial charge in [-0.3, -0.25) is 4.79 Å². The molecule has 0 saturated heterocycles. The number of benzene rings is 1. The van der Waals surface area contributed by atoms with Crippen molar-refractivity contribution < 1.29 is 9.53 Å².